The first-order valence-corrected chi connectivity index (χ1v) is 14.7. The van der Waals surface area contributed by atoms with Crippen LogP contribution in [0.3, 0.4) is 0 Å². The van der Waals surface area contributed by atoms with E-state index in [2.05, 4.69) is 126 Å². The molecular weight excluding hydrogens is 513 g/mol. The van der Waals surface area contributed by atoms with Gasteiger partial charge in [-0.05, 0) is 71.4 Å². The molecule has 0 saturated carbocycles. The van der Waals surface area contributed by atoms with Gasteiger partial charge in [-0.3, -0.25) is 0 Å². The first kappa shape index (κ1) is 21.4. The Balaban J connectivity index is 1.22. The lowest BCUT2D eigenvalue weighted by Gasteiger charge is -2.09. The lowest BCUT2D eigenvalue weighted by molar-refractivity contribution is 1.18. The molecule has 0 amide bonds. The average molecular weight is 533 g/mol. The van der Waals surface area contributed by atoms with Crippen molar-refractivity contribution in [2.24, 2.45) is 0 Å². The molecule has 0 spiro atoms. The van der Waals surface area contributed by atoms with Crippen molar-refractivity contribution in [3.05, 3.63) is 121 Å². The summed E-state index contributed by atoms with van der Waals surface area (Å²) >= 11 is 3.66. The lowest BCUT2D eigenvalue weighted by atomic mass is 10.1. The number of aromatic nitrogens is 2. The molecule has 0 aliphatic rings. The highest BCUT2D eigenvalue weighted by Crippen LogP contribution is 2.42. The van der Waals surface area contributed by atoms with Crippen LogP contribution in [-0.4, -0.2) is 9.55 Å². The second-order valence-corrected chi connectivity index (χ2v) is 12.1. The van der Waals surface area contributed by atoms with Gasteiger partial charge in [0, 0.05) is 42.2 Å². The number of thiophene rings is 1. The van der Waals surface area contributed by atoms with Gasteiger partial charge in [0.25, 0.3) is 0 Å². The van der Waals surface area contributed by atoms with Crippen LogP contribution in [-0.2, 0) is 0 Å². The molecule has 0 bridgehead atoms. The zero-order valence-electron chi connectivity index (χ0n) is 20.8. The van der Waals surface area contributed by atoms with Crippen molar-refractivity contribution in [1.82, 2.24) is 9.55 Å². The first-order chi connectivity index (χ1) is 19.3. The largest absolute Gasteiger partial charge is 0.309 e. The zero-order chi connectivity index (χ0) is 25.5. The van der Waals surface area contributed by atoms with Crippen LogP contribution in [0, 0.1) is 0 Å². The molecule has 4 heteroatoms. The second kappa shape index (κ2) is 8.00. The Morgan fingerprint density at radius 1 is 0.538 bits per heavy atom. The quantitative estimate of drug-likeness (QED) is 0.216. The summed E-state index contributed by atoms with van der Waals surface area (Å²) in [7, 11) is 0. The molecule has 3 aromatic heterocycles. The fraction of sp³-hybridized carbons (Fsp3) is 0. The van der Waals surface area contributed by atoms with Gasteiger partial charge in [-0.1, -0.05) is 60.7 Å². The maximum Gasteiger partial charge on any atom is 0.124 e. The van der Waals surface area contributed by atoms with Gasteiger partial charge in [0.15, 0.2) is 0 Å². The number of para-hydroxylation sites is 1. The van der Waals surface area contributed by atoms with E-state index < -0.39 is 0 Å². The van der Waals surface area contributed by atoms with Crippen molar-refractivity contribution >= 4 is 85.6 Å². The highest BCUT2D eigenvalue weighted by atomic mass is 32.1. The third-order valence-electron chi connectivity index (χ3n) is 7.81. The molecule has 182 valence electrons. The summed E-state index contributed by atoms with van der Waals surface area (Å²) < 4.78 is 6.32. The molecule has 0 saturated heterocycles. The fourth-order valence-electron chi connectivity index (χ4n) is 6.00. The predicted molar refractivity (Wildman–Crippen MR) is 170 cm³/mol. The van der Waals surface area contributed by atoms with E-state index in [0.717, 1.165) is 21.8 Å². The Labute approximate surface area is 232 Å². The highest BCUT2D eigenvalue weighted by Gasteiger charge is 2.16. The van der Waals surface area contributed by atoms with Crippen LogP contribution in [0.15, 0.2) is 121 Å². The van der Waals surface area contributed by atoms with Gasteiger partial charge < -0.3 is 4.57 Å². The number of nitrogens with zero attached hydrogens (tertiary/aromatic N) is 2. The molecule has 0 radical (unpaired) electrons. The molecule has 2 nitrogen and oxygen atoms in total. The molecule has 0 aliphatic heterocycles. The molecule has 0 unspecified atom stereocenters. The van der Waals surface area contributed by atoms with Crippen molar-refractivity contribution in [3.63, 3.8) is 0 Å². The summed E-state index contributed by atoms with van der Waals surface area (Å²) in [6, 6.07) is 44.0. The topological polar surface area (TPSA) is 17.8 Å². The summed E-state index contributed by atoms with van der Waals surface area (Å²) in [5, 5.41) is 8.82. The Hall–Kier alpha value is -4.51. The molecule has 0 aliphatic carbocycles. The third kappa shape index (κ3) is 3.10. The minimum absolute atomic E-state index is 1.06. The Kier molecular flexibility index (Phi) is 4.39. The average Bonchev–Trinajstić information content (AvgIpc) is 3.67. The maximum absolute atomic E-state index is 5.06. The van der Waals surface area contributed by atoms with Gasteiger partial charge in [0.2, 0.25) is 0 Å². The molecule has 9 rings (SSSR count). The summed E-state index contributed by atoms with van der Waals surface area (Å²) in [5.41, 5.74) is 5.84. The smallest absolute Gasteiger partial charge is 0.124 e. The van der Waals surface area contributed by atoms with E-state index in [4.69, 9.17) is 4.98 Å². The van der Waals surface area contributed by atoms with E-state index in [1.165, 1.54) is 57.5 Å². The van der Waals surface area contributed by atoms with Gasteiger partial charge in [0.1, 0.15) is 5.01 Å². The Morgan fingerprint density at radius 3 is 2.15 bits per heavy atom. The fourth-order valence-corrected chi connectivity index (χ4v) is 8.31. The van der Waals surface area contributed by atoms with Crippen LogP contribution in [0.1, 0.15) is 0 Å². The van der Waals surface area contributed by atoms with Crippen LogP contribution < -0.4 is 0 Å². The summed E-state index contributed by atoms with van der Waals surface area (Å²) in [5.74, 6) is 0. The van der Waals surface area contributed by atoms with Crippen molar-refractivity contribution in [3.8, 4) is 16.3 Å². The molecule has 0 N–H and O–H groups in total. The van der Waals surface area contributed by atoms with E-state index in [9.17, 15) is 0 Å². The Morgan fingerprint density at radius 2 is 1.28 bits per heavy atom. The SMILES string of the molecule is c1ccc2cc3c(cc2c1)c1ccccc1n3-c1ccc(-c2nc3ccc4sc5ccccc5c4c3s2)cc1. The minimum Gasteiger partial charge on any atom is -0.309 e. The maximum atomic E-state index is 5.06. The van der Waals surface area contributed by atoms with E-state index in [1.807, 2.05) is 11.3 Å². The molecule has 0 fully saturated rings. The van der Waals surface area contributed by atoms with Crippen LogP contribution in [0.4, 0.5) is 0 Å². The Bertz CT molecular complexity index is 2390. The summed E-state index contributed by atoms with van der Waals surface area (Å²) in [4.78, 5) is 5.06. The summed E-state index contributed by atoms with van der Waals surface area (Å²) in [6.45, 7) is 0. The number of rotatable bonds is 2. The number of fused-ring (bicyclic) bond motifs is 9. The van der Waals surface area contributed by atoms with E-state index in [-0.39, 0.29) is 0 Å². The van der Waals surface area contributed by atoms with Crippen molar-refractivity contribution in [2.45, 2.75) is 0 Å². The molecule has 0 atom stereocenters. The van der Waals surface area contributed by atoms with Crippen molar-refractivity contribution < 1.29 is 0 Å². The van der Waals surface area contributed by atoms with Crippen molar-refractivity contribution in [1.29, 1.82) is 0 Å². The number of thiazole rings is 1. The van der Waals surface area contributed by atoms with Gasteiger partial charge in [-0.2, -0.15) is 0 Å². The monoisotopic (exact) mass is 532 g/mol. The minimum atomic E-state index is 1.06. The molecule has 3 heterocycles. The summed E-state index contributed by atoms with van der Waals surface area (Å²) in [6.07, 6.45) is 0. The molecular formula is C35H20N2S2. The van der Waals surface area contributed by atoms with Gasteiger partial charge in [-0.25, -0.2) is 4.98 Å². The van der Waals surface area contributed by atoms with Crippen LogP contribution in [0.25, 0.3) is 79.2 Å². The van der Waals surface area contributed by atoms with Crippen LogP contribution >= 0.6 is 22.7 Å². The first-order valence-electron chi connectivity index (χ1n) is 13.1. The number of hydrogen-bond donors (Lipinski definition) is 0. The molecule has 39 heavy (non-hydrogen) atoms. The van der Waals surface area contributed by atoms with Gasteiger partial charge >= 0.3 is 0 Å². The highest BCUT2D eigenvalue weighted by molar-refractivity contribution is 7.28. The van der Waals surface area contributed by atoms with Crippen LogP contribution in [0.5, 0.6) is 0 Å². The standard InChI is InChI=1S/C35H20N2S2/c1-2-8-23-20-30-27(19-22(23)7-1)25-9-3-5-11-29(25)37(30)24-15-13-21(14-16-24)35-36-28-17-18-32-33(34(28)39-35)26-10-4-6-12-31(26)38-32/h1-20H. The van der Waals surface area contributed by atoms with Crippen LogP contribution in [0.2, 0.25) is 0 Å². The second-order valence-electron chi connectivity index (χ2n) is 10.0. The zero-order valence-corrected chi connectivity index (χ0v) is 22.4. The normalized spacial score (nSPS) is 12.1. The third-order valence-corrected chi connectivity index (χ3v) is 10.1. The lowest BCUT2D eigenvalue weighted by Crippen LogP contribution is -1.93. The van der Waals surface area contributed by atoms with E-state index in [1.54, 1.807) is 11.3 Å². The van der Waals surface area contributed by atoms with Gasteiger partial charge in [0.05, 0.1) is 21.3 Å². The predicted octanol–water partition coefficient (Wildman–Crippen LogP) is 10.6. The van der Waals surface area contributed by atoms with Gasteiger partial charge in [-0.15, -0.1) is 22.7 Å². The van der Waals surface area contributed by atoms with Crippen molar-refractivity contribution in [2.75, 3.05) is 0 Å². The number of hydrogen-bond acceptors (Lipinski definition) is 3. The molecule has 6 aromatic carbocycles. The number of benzene rings is 6. The van der Waals surface area contributed by atoms with E-state index in [0.29, 0.717) is 0 Å². The van der Waals surface area contributed by atoms with E-state index >= 15 is 0 Å². The molecule has 9 aromatic rings.